The lowest BCUT2D eigenvalue weighted by Gasteiger charge is -2.25. The number of rotatable bonds is 3. The number of nitrogens with one attached hydrogen (secondary N) is 1. The van der Waals surface area contributed by atoms with E-state index >= 15 is 0 Å². The maximum absolute atomic E-state index is 5.88. The molecule has 2 rings (SSSR count). The highest BCUT2D eigenvalue weighted by molar-refractivity contribution is 5.01. The van der Waals surface area contributed by atoms with Crippen LogP contribution in [0.2, 0.25) is 0 Å². The largest absolute Gasteiger partial charge is 0.467 e. The molecule has 0 saturated carbocycles. The van der Waals surface area contributed by atoms with E-state index in [0.29, 0.717) is 6.10 Å². The average molecular weight is 195 g/mol. The maximum atomic E-state index is 5.88. The zero-order chi connectivity index (χ0) is 9.80. The smallest absolute Gasteiger partial charge is 0.132 e. The summed E-state index contributed by atoms with van der Waals surface area (Å²) in [5, 5.41) is 3.33. The van der Waals surface area contributed by atoms with Crippen molar-refractivity contribution in [3.05, 3.63) is 24.2 Å². The molecule has 1 aromatic rings. The fourth-order valence-electron chi connectivity index (χ4n) is 1.81. The van der Waals surface area contributed by atoms with Crippen LogP contribution in [0.4, 0.5) is 0 Å². The highest BCUT2D eigenvalue weighted by atomic mass is 16.5. The van der Waals surface area contributed by atoms with Gasteiger partial charge in [0, 0.05) is 6.54 Å². The zero-order valence-electron chi connectivity index (χ0n) is 8.53. The van der Waals surface area contributed by atoms with Crippen LogP contribution < -0.4 is 5.32 Å². The van der Waals surface area contributed by atoms with E-state index in [1.165, 1.54) is 6.42 Å². The number of furan rings is 1. The lowest BCUT2D eigenvalue weighted by atomic mass is 10.1. The Labute approximate surface area is 84.4 Å². The van der Waals surface area contributed by atoms with Crippen molar-refractivity contribution in [2.45, 2.75) is 32.0 Å². The van der Waals surface area contributed by atoms with Crippen LogP contribution in [0.1, 0.15) is 31.6 Å². The van der Waals surface area contributed by atoms with Gasteiger partial charge >= 0.3 is 0 Å². The van der Waals surface area contributed by atoms with E-state index in [9.17, 15) is 0 Å². The number of ether oxygens (including phenoxy) is 1. The quantitative estimate of drug-likeness (QED) is 0.802. The summed E-state index contributed by atoms with van der Waals surface area (Å²) in [6, 6.07) is 3.86. The molecule has 1 fully saturated rings. The summed E-state index contributed by atoms with van der Waals surface area (Å²) in [5.41, 5.74) is 0. The predicted molar refractivity (Wildman–Crippen MR) is 54.1 cm³/mol. The van der Waals surface area contributed by atoms with E-state index in [2.05, 4.69) is 5.32 Å². The van der Waals surface area contributed by atoms with Crippen LogP contribution in [-0.4, -0.2) is 19.2 Å². The molecule has 0 unspecified atom stereocenters. The van der Waals surface area contributed by atoms with Crippen molar-refractivity contribution in [3.8, 4) is 0 Å². The van der Waals surface area contributed by atoms with Gasteiger partial charge in [0.25, 0.3) is 0 Å². The molecule has 14 heavy (non-hydrogen) atoms. The molecule has 0 amide bonds. The molecule has 78 valence electrons. The SMILES string of the molecule is C[C@H](O[C@H]1CCCNC1)c1ccco1. The van der Waals surface area contributed by atoms with Crippen molar-refractivity contribution in [1.82, 2.24) is 5.32 Å². The maximum Gasteiger partial charge on any atom is 0.132 e. The number of hydrogen-bond donors (Lipinski definition) is 1. The monoisotopic (exact) mass is 195 g/mol. The van der Waals surface area contributed by atoms with Gasteiger partial charge in [-0.2, -0.15) is 0 Å². The van der Waals surface area contributed by atoms with Crippen molar-refractivity contribution in [1.29, 1.82) is 0 Å². The van der Waals surface area contributed by atoms with Crippen LogP contribution in [0.3, 0.4) is 0 Å². The lowest BCUT2D eigenvalue weighted by Crippen LogP contribution is -2.35. The van der Waals surface area contributed by atoms with E-state index in [1.54, 1.807) is 6.26 Å². The van der Waals surface area contributed by atoms with Gasteiger partial charge in [0.15, 0.2) is 0 Å². The molecule has 1 N–H and O–H groups in total. The molecule has 0 aliphatic carbocycles. The summed E-state index contributed by atoms with van der Waals surface area (Å²) < 4.78 is 11.2. The first kappa shape index (κ1) is 9.74. The minimum Gasteiger partial charge on any atom is -0.467 e. The third kappa shape index (κ3) is 2.36. The Hall–Kier alpha value is -0.800. The standard InChI is InChI=1S/C11H17NO2/c1-9(11-5-3-7-13-11)14-10-4-2-6-12-8-10/h3,5,7,9-10,12H,2,4,6,8H2,1H3/t9-,10-/m0/s1. The molecule has 0 spiro atoms. The van der Waals surface area contributed by atoms with Crippen molar-refractivity contribution in [3.63, 3.8) is 0 Å². The number of hydrogen-bond acceptors (Lipinski definition) is 3. The molecule has 3 nitrogen and oxygen atoms in total. The van der Waals surface area contributed by atoms with Crippen molar-refractivity contribution >= 4 is 0 Å². The van der Waals surface area contributed by atoms with Crippen LogP contribution >= 0.6 is 0 Å². The Morgan fingerprint density at radius 1 is 1.64 bits per heavy atom. The van der Waals surface area contributed by atoms with Crippen LogP contribution in [0, 0.1) is 0 Å². The topological polar surface area (TPSA) is 34.4 Å². The van der Waals surface area contributed by atoms with Gasteiger partial charge in [-0.25, -0.2) is 0 Å². The molecular formula is C11H17NO2. The summed E-state index contributed by atoms with van der Waals surface area (Å²) in [6.45, 7) is 4.12. The second-order valence-corrected chi connectivity index (χ2v) is 3.76. The molecule has 0 aromatic carbocycles. The van der Waals surface area contributed by atoms with Gasteiger partial charge in [0.1, 0.15) is 11.9 Å². The van der Waals surface area contributed by atoms with Gasteiger partial charge in [-0.1, -0.05) is 0 Å². The molecular weight excluding hydrogens is 178 g/mol. The van der Waals surface area contributed by atoms with Crippen LogP contribution in [0.15, 0.2) is 22.8 Å². The van der Waals surface area contributed by atoms with Crippen molar-refractivity contribution < 1.29 is 9.15 Å². The average Bonchev–Trinajstić information content (AvgIpc) is 2.72. The molecule has 1 aromatic heterocycles. The first-order valence-corrected chi connectivity index (χ1v) is 5.26. The molecule has 2 atom stereocenters. The molecule has 1 aliphatic heterocycles. The molecule has 1 aliphatic rings. The van der Waals surface area contributed by atoms with Gasteiger partial charge in [0.2, 0.25) is 0 Å². The highest BCUT2D eigenvalue weighted by Gasteiger charge is 2.18. The summed E-state index contributed by atoms with van der Waals surface area (Å²) in [6.07, 6.45) is 4.45. The van der Waals surface area contributed by atoms with Gasteiger partial charge < -0.3 is 14.5 Å². The normalized spacial score (nSPS) is 24.8. The fourth-order valence-corrected chi connectivity index (χ4v) is 1.81. The van der Waals surface area contributed by atoms with Crippen molar-refractivity contribution in [2.75, 3.05) is 13.1 Å². The van der Waals surface area contributed by atoms with Gasteiger partial charge in [0.05, 0.1) is 12.4 Å². The van der Waals surface area contributed by atoms with Gasteiger partial charge in [-0.05, 0) is 38.4 Å². The third-order valence-corrected chi connectivity index (χ3v) is 2.59. The van der Waals surface area contributed by atoms with E-state index < -0.39 is 0 Å². The molecule has 3 heteroatoms. The highest BCUT2D eigenvalue weighted by Crippen LogP contribution is 2.20. The van der Waals surface area contributed by atoms with E-state index in [-0.39, 0.29) is 6.10 Å². The Kier molecular flexibility index (Phi) is 3.22. The first-order valence-electron chi connectivity index (χ1n) is 5.26. The zero-order valence-corrected chi connectivity index (χ0v) is 8.53. The molecule has 0 bridgehead atoms. The Bertz CT molecular complexity index is 252. The number of piperidine rings is 1. The molecule has 1 saturated heterocycles. The van der Waals surface area contributed by atoms with Crippen molar-refractivity contribution in [2.24, 2.45) is 0 Å². The lowest BCUT2D eigenvalue weighted by molar-refractivity contribution is -0.0245. The second kappa shape index (κ2) is 4.62. The summed E-state index contributed by atoms with van der Waals surface area (Å²) in [7, 11) is 0. The summed E-state index contributed by atoms with van der Waals surface area (Å²) in [5.74, 6) is 0.913. The van der Waals surface area contributed by atoms with Crippen LogP contribution in [0.25, 0.3) is 0 Å². The Morgan fingerprint density at radius 2 is 2.57 bits per heavy atom. The third-order valence-electron chi connectivity index (χ3n) is 2.59. The van der Waals surface area contributed by atoms with Crippen LogP contribution in [0.5, 0.6) is 0 Å². The minimum absolute atomic E-state index is 0.0647. The minimum atomic E-state index is 0.0647. The van der Waals surface area contributed by atoms with Gasteiger partial charge in [-0.3, -0.25) is 0 Å². The van der Waals surface area contributed by atoms with E-state index in [1.807, 2.05) is 19.1 Å². The molecule has 0 radical (unpaired) electrons. The molecule has 2 heterocycles. The first-order chi connectivity index (χ1) is 6.86. The van der Waals surface area contributed by atoms with E-state index in [4.69, 9.17) is 9.15 Å². The Morgan fingerprint density at radius 3 is 3.21 bits per heavy atom. The summed E-state index contributed by atoms with van der Waals surface area (Å²) >= 11 is 0. The fraction of sp³-hybridized carbons (Fsp3) is 0.636. The Balaban J connectivity index is 1.84. The predicted octanol–water partition coefficient (Wildman–Crippen LogP) is 2.11. The van der Waals surface area contributed by atoms with E-state index in [0.717, 1.165) is 25.3 Å². The van der Waals surface area contributed by atoms with Crippen LogP contribution in [-0.2, 0) is 4.74 Å². The second-order valence-electron chi connectivity index (χ2n) is 3.76. The van der Waals surface area contributed by atoms with Gasteiger partial charge in [-0.15, -0.1) is 0 Å². The summed E-state index contributed by atoms with van der Waals surface area (Å²) in [4.78, 5) is 0.